The van der Waals surface area contributed by atoms with Crippen LogP contribution in [-0.2, 0) is 4.74 Å². The van der Waals surface area contributed by atoms with Gasteiger partial charge in [-0.1, -0.05) is 12.1 Å². The van der Waals surface area contributed by atoms with Crippen molar-refractivity contribution in [1.82, 2.24) is 10.6 Å². The molecule has 7 nitrogen and oxygen atoms in total. The molecule has 2 atom stereocenters. The maximum atomic E-state index is 10.1. The van der Waals surface area contributed by atoms with Gasteiger partial charge in [-0.3, -0.25) is 4.99 Å². The number of piperidine rings is 1. The number of aliphatic imine (C=N–C) groups is 1. The highest BCUT2D eigenvalue weighted by atomic mass is 127. The van der Waals surface area contributed by atoms with Crippen molar-refractivity contribution in [3.8, 4) is 6.07 Å². The first-order valence-electron chi connectivity index (χ1n) is 10.7. The van der Waals surface area contributed by atoms with Crippen LogP contribution in [0.2, 0.25) is 0 Å². The molecule has 0 amide bonds. The lowest BCUT2D eigenvalue weighted by Gasteiger charge is -2.35. The molecule has 0 aromatic heterocycles. The number of para-hydroxylation sites is 1. The molecule has 8 heteroatoms. The summed E-state index contributed by atoms with van der Waals surface area (Å²) in [7, 11) is 0. The van der Waals surface area contributed by atoms with Crippen molar-refractivity contribution in [1.29, 1.82) is 5.26 Å². The minimum Gasteiger partial charge on any atom is -0.389 e. The van der Waals surface area contributed by atoms with Crippen LogP contribution >= 0.6 is 24.0 Å². The zero-order valence-corrected chi connectivity index (χ0v) is 20.0. The molecule has 1 heterocycles. The Labute approximate surface area is 196 Å². The van der Waals surface area contributed by atoms with E-state index in [-0.39, 0.29) is 30.0 Å². The molecule has 2 aliphatic rings. The van der Waals surface area contributed by atoms with Crippen molar-refractivity contribution in [3.63, 3.8) is 0 Å². The third-order valence-electron chi connectivity index (χ3n) is 5.29. The second-order valence-electron chi connectivity index (χ2n) is 7.91. The molecule has 0 bridgehead atoms. The van der Waals surface area contributed by atoms with Gasteiger partial charge < -0.3 is 25.4 Å². The van der Waals surface area contributed by atoms with Crippen LogP contribution in [0.15, 0.2) is 29.3 Å². The normalized spacial score (nSPS) is 20.1. The van der Waals surface area contributed by atoms with Crippen LogP contribution in [-0.4, -0.2) is 62.6 Å². The van der Waals surface area contributed by atoms with E-state index in [2.05, 4.69) is 26.6 Å². The first-order valence-corrected chi connectivity index (χ1v) is 10.7. The van der Waals surface area contributed by atoms with Crippen LogP contribution in [0, 0.1) is 17.2 Å². The van der Waals surface area contributed by atoms with Crippen LogP contribution in [0.1, 0.15) is 38.2 Å². The summed E-state index contributed by atoms with van der Waals surface area (Å²) in [5.41, 5.74) is 1.70. The number of nitrogens with zero attached hydrogens (tertiary/aromatic N) is 3. The van der Waals surface area contributed by atoms with E-state index < -0.39 is 6.10 Å². The van der Waals surface area contributed by atoms with Gasteiger partial charge in [-0.2, -0.15) is 5.26 Å². The number of nitrogens with one attached hydrogen (secondary N) is 2. The minimum atomic E-state index is -0.588. The SMILES string of the molecule is CCNC(=NCC(O)COCC1CC1)NC1CCCN(c2ccccc2C#N)C1.I. The van der Waals surface area contributed by atoms with Crippen LogP contribution in [0.5, 0.6) is 0 Å². The average Bonchev–Trinajstić information content (AvgIpc) is 3.57. The Kier molecular flexibility index (Phi) is 10.7. The predicted molar refractivity (Wildman–Crippen MR) is 130 cm³/mol. The topological polar surface area (TPSA) is 92.9 Å². The monoisotopic (exact) mass is 527 g/mol. The molecule has 1 aliphatic heterocycles. The van der Waals surface area contributed by atoms with E-state index in [1.54, 1.807) is 0 Å². The van der Waals surface area contributed by atoms with Gasteiger partial charge in [0.25, 0.3) is 0 Å². The number of benzene rings is 1. The van der Waals surface area contributed by atoms with E-state index in [0.29, 0.717) is 30.6 Å². The lowest BCUT2D eigenvalue weighted by molar-refractivity contribution is 0.0368. The molecule has 3 N–H and O–H groups in total. The number of hydrogen-bond acceptors (Lipinski definition) is 5. The number of ether oxygens (including phenoxy) is 1. The Morgan fingerprint density at radius 2 is 2.17 bits per heavy atom. The van der Waals surface area contributed by atoms with Crippen molar-refractivity contribution in [2.75, 3.05) is 44.3 Å². The third kappa shape index (κ3) is 7.93. The molecule has 1 aliphatic carbocycles. The number of guanidine groups is 1. The highest BCUT2D eigenvalue weighted by Crippen LogP contribution is 2.28. The molecule has 1 aromatic rings. The van der Waals surface area contributed by atoms with E-state index in [1.165, 1.54) is 12.8 Å². The van der Waals surface area contributed by atoms with Gasteiger partial charge in [0, 0.05) is 32.3 Å². The van der Waals surface area contributed by atoms with Crippen LogP contribution < -0.4 is 15.5 Å². The van der Waals surface area contributed by atoms with Gasteiger partial charge in [0.2, 0.25) is 0 Å². The number of rotatable bonds is 9. The predicted octanol–water partition coefficient (Wildman–Crippen LogP) is 2.49. The van der Waals surface area contributed by atoms with Gasteiger partial charge in [0.15, 0.2) is 5.96 Å². The summed E-state index contributed by atoms with van der Waals surface area (Å²) >= 11 is 0. The summed E-state index contributed by atoms with van der Waals surface area (Å²) in [6.45, 7) is 5.95. The number of nitriles is 1. The van der Waals surface area contributed by atoms with Gasteiger partial charge in [-0.05, 0) is 50.7 Å². The molecule has 1 saturated carbocycles. The van der Waals surface area contributed by atoms with Crippen LogP contribution in [0.4, 0.5) is 5.69 Å². The van der Waals surface area contributed by atoms with Gasteiger partial charge in [0.05, 0.1) is 30.5 Å². The van der Waals surface area contributed by atoms with E-state index >= 15 is 0 Å². The maximum Gasteiger partial charge on any atom is 0.191 e. The molecule has 166 valence electrons. The fourth-order valence-electron chi connectivity index (χ4n) is 3.58. The average molecular weight is 527 g/mol. The smallest absolute Gasteiger partial charge is 0.191 e. The van der Waals surface area contributed by atoms with E-state index in [1.807, 2.05) is 31.2 Å². The molecule has 1 aromatic carbocycles. The lowest BCUT2D eigenvalue weighted by Crippen LogP contribution is -2.51. The fraction of sp³-hybridized carbons (Fsp3) is 0.636. The van der Waals surface area contributed by atoms with Crippen molar-refractivity contribution >= 4 is 35.6 Å². The molecule has 2 fully saturated rings. The molecule has 1 saturated heterocycles. The number of halogens is 1. The van der Waals surface area contributed by atoms with Crippen LogP contribution in [0.25, 0.3) is 0 Å². The fourth-order valence-corrected chi connectivity index (χ4v) is 3.58. The van der Waals surface area contributed by atoms with Gasteiger partial charge >= 0.3 is 0 Å². The number of anilines is 1. The van der Waals surface area contributed by atoms with E-state index in [0.717, 1.165) is 44.8 Å². The van der Waals surface area contributed by atoms with Gasteiger partial charge in [0.1, 0.15) is 6.07 Å². The Hall–Kier alpha value is -1.57. The molecule has 0 spiro atoms. The summed E-state index contributed by atoms with van der Waals surface area (Å²) in [6, 6.07) is 10.3. The Morgan fingerprint density at radius 3 is 2.90 bits per heavy atom. The lowest BCUT2D eigenvalue weighted by atomic mass is 10.0. The zero-order chi connectivity index (χ0) is 20.5. The summed E-state index contributed by atoms with van der Waals surface area (Å²) in [5.74, 6) is 1.42. The third-order valence-corrected chi connectivity index (χ3v) is 5.29. The quantitative estimate of drug-likeness (QED) is 0.260. The molecule has 30 heavy (non-hydrogen) atoms. The molecule has 0 radical (unpaired) electrons. The maximum absolute atomic E-state index is 10.1. The highest BCUT2D eigenvalue weighted by Gasteiger charge is 2.23. The minimum absolute atomic E-state index is 0. The van der Waals surface area contributed by atoms with Crippen LogP contribution in [0.3, 0.4) is 0 Å². The Balaban J connectivity index is 0.00000320. The summed E-state index contributed by atoms with van der Waals surface area (Å²) < 4.78 is 5.55. The van der Waals surface area contributed by atoms with Gasteiger partial charge in [-0.25, -0.2) is 0 Å². The molecule has 2 unspecified atom stereocenters. The van der Waals surface area contributed by atoms with Crippen molar-refractivity contribution in [2.24, 2.45) is 10.9 Å². The summed E-state index contributed by atoms with van der Waals surface area (Å²) in [6.07, 6.45) is 4.01. The van der Waals surface area contributed by atoms with Crippen molar-refractivity contribution in [2.45, 2.75) is 44.8 Å². The van der Waals surface area contributed by atoms with E-state index in [9.17, 15) is 10.4 Å². The first-order chi connectivity index (χ1) is 14.2. The second kappa shape index (κ2) is 13.0. The largest absolute Gasteiger partial charge is 0.389 e. The van der Waals surface area contributed by atoms with E-state index in [4.69, 9.17) is 4.74 Å². The second-order valence-corrected chi connectivity index (χ2v) is 7.91. The molecule has 3 rings (SSSR count). The highest BCUT2D eigenvalue weighted by molar-refractivity contribution is 14.0. The van der Waals surface area contributed by atoms with Crippen molar-refractivity contribution in [3.05, 3.63) is 29.8 Å². The number of hydrogen-bond donors (Lipinski definition) is 3. The first kappa shape index (κ1) is 24.7. The summed E-state index contributed by atoms with van der Waals surface area (Å²) in [5, 5.41) is 26.3. The van der Waals surface area contributed by atoms with Crippen molar-refractivity contribution < 1.29 is 9.84 Å². The summed E-state index contributed by atoms with van der Waals surface area (Å²) in [4.78, 5) is 6.81. The number of aliphatic hydroxyl groups is 1. The Bertz CT molecular complexity index is 720. The van der Waals surface area contributed by atoms with Gasteiger partial charge in [-0.15, -0.1) is 24.0 Å². The molecular formula is C22H34IN5O2. The number of aliphatic hydroxyl groups excluding tert-OH is 1. The Morgan fingerprint density at radius 1 is 1.37 bits per heavy atom. The molecular weight excluding hydrogens is 493 g/mol. The standard InChI is InChI=1S/C22H33N5O2.HI/c1-2-24-22(25-13-20(28)16-29-15-17-9-10-17)26-19-7-5-11-27(14-19)21-8-4-3-6-18(21)12-23;/h3-4,6,8,17,19-20,28H,2,5,7,9-11,13-16H2,1H3,(H2,24,25,26);1H. The zero-order valence-electron chi connectivity index (χ0n) is 17.7.